The quantitative estimate of drug-likeness (QED) is 0.660. The number of aromatic nitrogens is 4. The number of carbonyl (C=O) groups excluding carboxylic acids is 1. The number of nitrogens with zero attached hydrogens (tertiary/aromatic N) is 5. The number of carbonyl (C=O) groups is 1. The molecule has 7 nitrogen and oxygen atoms in total. The van der Waals surface area contributed by atoms with Crippen molar-refractivity contribution >= 4 is 5.91 Å². The number of ether oxygens (including phenoxy) is 1. The molecule has 0 radical (unpaired) electrons. The standard InChI is InChI=1S/C20H19F2N5O2/c1-29-17-8-7-15(10-23-17)19(28)27-12-20(21,22)9-16(27)18-25-24-13-26(18)11-14-5-3-2-4-6-14/h2-8,10,13,16H,9,11-12H2,1H3/t16-/m0/s1. The fourth-order valence-electron chi connectivity index (χ4n) is 3.48. The van der Waals surface area contributed by atoms with Crippen LogP contribution in [-0.4, -0.2) is 50.1 Å². The monoisotopic (exact) mass is 399 g/mol. The van der Waals surface area contributed by atoms with Crippen LogP contribution in [0, 0.1) is 0 Å². The summed E-state index contributed by atoms with van der Waals surface area (Å²) in [5.74, 6) is -2.87. The van der Waals surface area contributed by atoms with E-state index in [1.54, 1.807) is 4.57 Å². The highest BCUT2D eigenvalue weighted by Crippen LogP contribution is 2.41. The molecule has 9 heteroatoms. The Kier molecular flexibility index (Phi) is 4.96. The highest BCUT2D eigenvalue weighted by molar-refractivity contribution is 5.94. The lowest BCUT2D eigenvalue weighted by atomic mass is 10.1. The molecule has 1 atom stereocenters. The summed E-state index contributed by atoms with van der Waals surface area (Å²) in [6.07, 6.45) is 2.32. The maximum Gasteiger partial charge on any atom is 0.267 e. The van der Waals surface area contributed by atoms with E-state index in [9.17, 15) is 13.6 Å². The highest BCUT2D eigenvalue weighted by Gasteiger charge is 2.49. The van der Waals surface area contributed by atoms with Crippen molar-refractivity contribution in [3.63, 3.8) is 0 Å². The van der Waals surface area contributed by atoms with E-state index in [2.05, 4.69) is 15.2 Å². The molecular formula is C20H19F2N5O2. The van der Waals surface area contributed by atoms with Gasteiger partial charge in [0.2, 0.25) is 5.88 Å². The molecule has 1 amide bonds. The molecule has 1 aromatic carbocycles. The first-order chi connectivity index (χ1) is 14.0. The number of hydrogen-bond donors (Lipinski definition) is 0. The Hall–Kier alpha value is -3.36. The van der Waals surface area contributed by atoms with Crippen molar-refractivity contribution in [3.05, 3.63) is 71.9 Å². The molecule has 3 heterocycles. The van der Waals surface area contributed by atoms with Gasteiger partial charge in [-0.3, -0.25) is 4.79 Å². The molecule has 0 saturated carbocycles. The molecule has 1 fully saturated rings. The minimum absolute atomic E-state index is 0.211. The van der Waals surface area contributed by atoms with Gasteiger partial charge in [0.1, 0.15) is 6.33 Å². The molecule has 29 heavy (non-hydrogen) atoms. The number of methoxy groups -OCH3 is 1. The van der Waals surface area contributed by atoms with Crippen LogP contribution < -0.4 is 4.74 Å². The largest absolute Gasteiger partial charge is 0.481 e. The Balaban J connectivity index is 1.63. The van der Waals surface area contributed by atoms with E-state index in [1.807, 2.05) is 30.3 Å². The first kappa shape index (κ1) is 19.0. The predicted molar refractivity (Wildman–Crippen MR) is 99.7 cm³/mol. The van der Waals surface area contributed by atoms with Gasteiger partial charge in [0.25, 0.3) is 11.8 Å². The minimum atomic E-state index is -3.01. The van der Waals surface area contributed by atoms with Crippen molar-refractivity contribution in [2.45, 2.75) is 24.9 Å². The zero-order valence-corrected chi connectivity index (χ0v) is 15.7. The molecule has 0 unspecified atom stereocenters. The van der Waals surface area contributed by atoms with Crippen LogP contribution in [0.3, 0.4) is 0 Å². The van der Waals surface area contributed by atoms with Crippen LogP contribution in [0.2, 0.25) is 0 Å². The third-order valence-electron chi connectivity index (χ3n) is 4.86. The van der Waals surface area contributed by atoms with Gasteiger partial charge in [-0.1, -0.05) is 30.3 Å². The normalized spacial score (nSPS) is 18.0. The van der Waals surface area contributed by atoms with E-state index in [4.69, 9.17) is 4.74 Å². The first-order valence-electron chi connectivity index (χ1n) is 9.07. The second-order valence-electron chi connectivity index (χ2n) is 6.90. The summed E-state index contributed by atoms with van der Waals surface area (Å²) in [6.45, 7) is -0.252. The van der Waals surface area contributed by atoms with E-state index >= 15 is 0 Å². The van der Waals surface area contributed by atoms with Crippen LogP contribution in [0.4, 0.5) is 8.78 Å². The van der Waals surface area contributed by atoms with Gasteiger partial charge in [-0.25, -0.2) is 13.8 Å². The second-order valence-corrected chi connectivity index (χ2v) is 6.90. The lowest BCUT2D eigenvalue weighted by Gasteiger charge is -2.23. The van der Waals surface area contributed by atoms with Crippen LogP contribution in [0.25, 0.3) is 0 Å². The average Bonchev–Trinajstić information content (AvgIpc) is 3.31. The van der Waals surface area contributed by atoms with Crippen molar-refractivity contribution in [2.75, 3.05) is 13.7 Å². The lowest BCUT2D eigenvalue weighted by molar-refractivity contribution is 0.0117. The number of alkyl halides is 2. The maximum absolute atomic E-state index is 14.3. The van der Waals surface area contributed by atoms with Crippen molar-refractivity contribution in [3.8, 4) is 5.88 Å². The number of halogens is 2. The second kappa shape index (κ2) is 7.57. The van der Waals surface area contributed by atoms with Crippen molar-refractivity contribution in [2.24, 2.45) is 0 Å². The van der Waals surface area contributed by atoms with Gasteiger partial charge in [0, 0.05) is 18.7 Å². The molecule has 1 saturated heterocycles. The van der Waals surface area contributed by atoms with Crippen molar-refractivity contribution in [1.82, 2.24) is 24.6 Å². The van der Waals surface area contributed by atoms with Crippen molar-refractivity contribution < 1.29 is 18.3 Å². The molecule has 1 aliphatic rings. The first-order valence-corrected chi connectivity index (χ1v) is 9.07. The fourth-order valence-corrected chi connectivity index (χ4v) is 3.48. The Morgan fingerprint density at radius 2 is 2.03 bits per heavy atom. The molecule has 0 bridgehead atoms. The van der Waals surface area contributed by atoms with Crippen LogP contribution in [0.15, 0.2) is 55.0 Å². The number of rotatable bonds is 5. The minimum Gasteiger partial charge on any atom is -0.481 e. The molecular weight excluding hydrogens is 380 g/mol. The Bertz CT molecular complexity index is 992. The predicted octanol–water partition coefficient (Wildman–Crippen LogP) is 2.95. The molecule has 0 aliphatic carbocycles. The number of likely N-dealkylation sites (tertiary alicyclic amines) is 1. The van der Waals surface area contributed by atoms with Crippen LogP contribution in [-0.2, 0) is 6.54 Å². The van der Waals surface area contributed by atoms with E-state index in [0.717, 1.165) is 10.5 Å². The Morgan fingerprint density at radius 3 is 2.72 bits per heavy atom. The van der Waals surface area contributed by atoms with E-state index in [-0.39, 0.29) is 5.56 Å². The van der Waals surface area contributed by atoms with E-state index < -0.39 is 30.8 Å². The summed E-state index contributed by atoms with van der Waals surface area (Å²) in [5, 5.41) is 7.96. The van der Waals surface area contributed by atoms with Crippen molar-refractivity contribution in [1.29, 1.82) is 0 Å². The van der Waals surface area contributed by atoms with Gasteiger partial charge < -0.3 is 14.2 Å². The lowest BCUT2D eigenvalue weighted by Crippen LogP contribution is -2.34. The van der Waals surface area contributed by atoms with Gasteiger partial charge in [0.05, 0.1) is 31.8 Å². The van der Waals surface area contributed by atoms with Gasteiger partial charge in [0.15, 0.2) is 5.82 Å². The van der Waals surface area contributed by atoms with Crippen LogP contribution in [0.1, 0.15) is 34.2 Å². The summed E-state index contributed by atoms with van der Waals surface area (Å²) < 4.78 is 35.3. The zero-order chi connectivity index (χ0) is 20.4. The third-order valence-corrected chi connectivity index (χ3v) is 4.86. The van der Waals surface area contributed by atoms with E-state index in [0.29, 0.717) is 18.2 Å². The highest BCUT2D eigenvalue weighted by atomic mass is 19.3. The van der Waals surface area contributed by atoms with Gasteiger partial charge >= 0.3 is 0 Å². The van der Waals surface area contributed by atoms with Gasteiger partial charge in [-0.05, 0) is 11.6 Å². The van der Waals surface area contributed by atoms with Crippen LogP contribution >= 0.6 is 0 Å². The summed E-state index contributed by atoms with van der Waals surface area (Å²) in [4.78, 5) is 18.1. The number of hydrogen-bond acceptors (Lipinski definition) is 5. The topological polar surface area (TPSA) is 73.1 Å². The number of pyridine rings is 1. The van der Waals surface area contributed by atoms with Gasteiger partial charge in [-0.15, -0.1) is 10.2 Å². The molecule has 0 N–H and O–H groups in total. The molecule has 0 spiro atoms. The van der Waals surface area contributed by atoms with E-state index in [1.165, 1.54) is 31.8 Å². The SMILES string of the molecule is COc1ccc(C(=O)N2CC(F)(F)C[C@H]2c2nncn2Cc2ccccc2)cn1. The molecule has 1 aliphatic heterocycles. The fraction of sp³-hybridized carbons (Fsp3) is 0.300. The smallest absolute Gasteiger partial charge is 0.267 e. The summed E-state index contributed by atoms with van der Waals surface area (Å²) in [5.41, 5.74) is 1.19. The number of amides is 1. The molecule has 3 aromatic rings. The zero-order valence-electron chi connectivity index (χ0n) is 15.7. The Morgan fingerprint density at radius 1 is 1.24 bits per heavy atom. The maximum atomic E-state index is 14.3. The summed E-state index contributed by atoms with van der Waals surface area (Å²) in [7, 11) is 1.46. The number of benzene rings is 1. The molecule has 2 aromatic heterocycles. The third kappa shape index (κ3) is 3.94. The average molecular weight is 399 g/mol. The molecule has 4 rings (SSSR count). The summed E-state index contributed by atoms with van der Waals surface area (Å²) >= 11 is 0. The van der Waals surface area contributed by atoms with Crippen LogP contribution in [0.5, 0.6) is 5.88 Å². The van der Waals surface area contributed by atoms with Gasteiger partial charge in [-0.2, -0.15) is 0 Å². The molecule has 150 valence electrons. The summed E-state index contributed by atoms with van der Waals surface area (Å²) in [6, 6.07) is 11.7. The Labute approximate surface area is 166 Å².